The second-order valence-electron chi connectivity index (χ2n) is 7.06. The van der Waals surface area contributed by atoms with Gasteiger partial charge >= 0.3 is 0 Å². The molecule has 1 atom stereocenters. The van der Waals surface area contributed by atoms with E-state index in [1.807, 2.05) is 17.7 Å². The van der Waals surface area contributed by atoms with Gasteiger partial charge in [-0.2, -0.15) is 5.10 Å². The molecule has 1 unspecified atom stereocenters. The molecule has 10 heteroatoms. The number of pyridine rings is 1. The molecule has 0 aromatic carbocycles. The maximum Gasteiger partial charge on any atom is 0.204 e. The summed E-state index contributed by atoms with van der Waals surface area (Å²) in [6.07, 6.45) is 4.21. The largest absolute Gasteiger partial charge is 0.373 e. The van der Waals surface area contributed by atoms with E-state index in [2.05, 4.69) is 25.5 Å². The highest BCUT2D eigenvalue weighted by Gasteiger charge is 2.32. The van der Waals surface area contributed by atoms with Crippen LogP contribution in [-0.4, -0.2) is 49.8 Å². The van der Waals surface area contributed by atoms with Crippen LogP contribution in [0.1, 0.15) is 32.4 Å². The fourth-order valence-electron chi connectivity index (χ4n) is 3.68. The van der Waals surface area contributed by atoms with Crippen molar-refractivity contribution in [1.29, 1.82) is 0 Å². The Hall–Kier alpha value is -3.40. The van der Waals surface area contributed by atoms with Crippen molar-refractivity contribution in [1.82, 2.24) is 24.7 Å². The van der Waals surface area contributed by atoms with E-state index in [4.69, 9.17) is 4.98 Å². The quantitative estimate of drug-likeness (QED) is 0.514. The van der Waals surface area contributed by atoms with Gasteiger partial charge < -0.3 is 9.88 Å². The van der Waals surface area contributed by atoms with Crippen LogP contribution in [0.4, 0.5) is 10.2 Å². The van der Waals surface area contributed by atoms with E-state index < -0.39 is 11.9 Å². The van der Waals surface area contributed by atoms with Gasteiger partial charge in [-0.3, -0.25) is 14.9 Å². The Bertz CT molecular complexity index is 1290. The van der Waals surface area contributed by atoms with Gasteiger partial charge in [-0.1, -0.05) is 0 Å². The zero-order valence-electron chi connectivity index (χ0n) is 16.3. The van der Waals surface area contributed by atoms with Crippen molar-refractivity contribution in [2.24, 2.45) is 12.0 Å². The number of Topliss-reactive ketones (excluding diaryl/α,β-unsaturated/α-hetero) is 1. The fourth-order valence-corrected chi connectivity index (χ4v) is 4.80. The minimum atomic E-state index is -0.710. The maximum atomic E-state index is 14.2. The molecule has 8 nitrogen and oxygen atoms in total. The number of aryl methyl sites for hydroxylation is 1. The molecule has 5 heterocycles. The van der Waals surface area contributed by atoms with E-state index in [0.717, 1.165) is 26.6 Å². The van der Waals surface area contributed by atoms with Crippen LogP contribution in [-0.2, 0) is 19.9 Å². The van der Waals surface area contributed by atoms with Crippen LogP contribution in [0.2, 0.25) is 0 Å². The number of anilines is 1. The Morgan fingerprint density at radius 2 is 2.17 bits per heavy atom. The number of H-pyrrole nitrogens is 1. The third-order valence-corrected chi connectivity index (χ3v) is 6.26. The maximum absolute atomic E-state index is 14.2. The molecule has 5 rings (SSSR count). The van der Waals surface area contributed by atoms with Gasteiger partial charge in [0.15, 0.2) is 5.65 Å². The van der Waals surface area contributed by atoms with E-state index in [9.17, 15) is 9.18 Å². The number of hydrogen-bond acceptors (Lipinski definition) is 7. The molecule has 30 heavy (non-hydrogen) atoms. The highest BCUT2D eigenvalue weighted by molar-refractivity contribution is 7.19. The molecule has 0 amide bonds. The summed E-state index contributed by atoms with van der Waals surface area (Å²) in [5.74, 6) is -0.0437. The van der Waals surface area contributed by atoms with Crippen LogP contribution in [0.3, 0.4) is 0 Å². The van der Waals surface area contributed by atoms with E-state index in [1.165, 1.54) is 17.4 Å². The predicted octanol–water partition coefficient (Wildman–Crippen LogP) is 2.75. The molecule has 1 aliphatic rings. The number of carbonyl (C=O) groups excluding carboxylic acids is 1. The van der Waals surface area contributed by atoms with Crippen LogP contribution in [0.25, 0.3) is 10.3 Å². The molecule has 0 fully saturated rings. The number of aromatic amines is 1. The number of nitrogens with zero attached hydrogens (tertiary/aromatic N) is 5. The van der Waals surface area contributed by atoms with Crippen molar-refractivity contribution < 1.29 is 9.18 Å². The van der Waals surface area contributed by atoms with E-state index in [0.29, 0.717) is 17.9 Å². The summed E-state index contributed by atoms with van der Waals surface area (Å²) in [6, 6.07) is 4.10. The topological polar surface area (TPSA) is 101 Å². The molecule has 0 aliphatic carbocycles. The van der Waals surface area contributed by atoms with Crippen LogP contribution in [0, 0.1) is 5.82 Å². The number of fused-ring (bicyclic) bond motifs is 3. The molecule has 4 aromatic rings. The SMILES string of the molecule is CNc1ccc(F)c(CC2N=Cc3c(n(C)c4nc(Cc5cc[nH]n5)sc34)C2=O)n1. The molecule has 2 N–H and O–H groups in total. The number of rotatable bonds is 5. The number of carbonyl (C=O) groups is 1. The first-order valence-corrected chi connectivity index (χ1v) is 10.2. The smallest absolute Gasteiger partial charge is 0.204 e. The Kier molecular flexibility index (Phi) is 4.43. The average Bonchev–Trinajstić information content (AvgIpc) is 3.45. The standard InChI is InChI=1S/C20H18FN7OS/c1-22-15-4-3-12(21)13(25-15)8-14-18(29)17-11(9-23-14)19-20(28(17)2)26-16(30-19)7-10-5-6-24-27-10/h3-6,9,14H,7-8H2,1-2H3,(H,22,25)(H,24,27). The first-order valence-electron chi connectivity index (χ1n) is 9.42. The minimum absolute atomic E-state index is 0.104. The summed E-state index contributed by atoms with van der Waals surface area (Å²) in [4.78, 5) is 26.6. The van der Waals surface area contributed by atoms with Gasteiger partial charge in [-0.05, 0) is 18.2 Å². The van der Waals surface area contributed by atoms with Crippen molar-refractivity contribution >= 4 is 39.5 Å². The molecule has 0 bridgehead atoms. The summed E-state index contributed by atoms with van der Waals surface area (Å²) in [5, 5.41) is 10.8. The lowest BCUT2D eigenvalue weighted by molar-refractivity contribution is 0.0951. The summed E-state index contributed by atoms with van der Waals surface area (Å²) in [7, 11) is 3.54. The number of aliphatic imine (C=N–C) groups is 1. The highest BCUT2D eigenvalue weighted by atomic mass is 32.1. The fraction of sp³-hybridized carbons (Fsp3) is 0.250. The van der Waals surface area contributed by atoms with Crippen LogP contribution in [0.5, 0.6) is 0 Å². The summed E-state index contributed by atoms with van der Waals surface area (Å²) in [5.41, 5.74) is 3.21. The molecular formula is C20H18FN7OS. The number of nitrogens with one attached hydrogen (secondary N) is 2. The second-order valence-corrected chi connectivity index (χ2v) is 8.14. The predicted molar refractivity (Wildman–Crippen MR) is 113 cm³/mol. The normalized spacial score (nSPS) is 15.7. The Labute approximate surface area is 174 Å². The molecule has 0 spiro atoms. The number of thiazole rings is 1. The first kappa shape index (κ1) is 18.6. The molecule has 152 valence electrons. The Morgan fingerprint density at radius 1 is 1.30 bits per heavy atom. The van der Waals surface area contributed by atoms with Crippen molar-refractivity contribution in [2.75, 3.05) is 12.4 Å². The number of aromatic nitrogens is 5. The molecular weight excluding hydrogens is 405 g/mol. The lowest BCUT2D eigenvalue weighted by atomic mass is 9.99. The monoisotopic (exact) mass is 423 g/mol. The van der Waals surface area contributed by atoms with Crippen molar-refractivity contribution in [2.45, 2.75) is 18.9 Å². The second kappa shape index (κ2) is 7.13. The molecule has 0 saturated carbocycles. The van der Waals surface area contributed by atoms with Crippen LogP contribution >= 0.6 is 11.3 Å². The summed E-state index contributed by atoms with van der Waals surface area (Å²) >= 11 is 1.54. The van der Waals surface area contributed by atoms with Gasteiger partial charge in [0.2, 0.25) is 5.78 Å². The van der Waals surface area contributed by atoms with E-state index >= 15 is 0 Å². The number of hydrogen-bond donors (Lipinski definition) is 2. The first-order chi connectivity index (χ1) is 14.5. The van der Waals surface area contributed by atoms with Crippen molar-refractivity contribution in [3.8, 4) is 0 Å². The van der Waals surface area contributed by atoms with Crippen LogP contribution < -0.4 is 5.32 Å². The van der Waals surface area contributed by atoms with Gasteiger partial charge in [0, 0.05) is 44.9 Å². The molecule has 0 saturated heterocycles. The van der Waals surface area contributed by atoms with Crippen LogP contribution in [0.15, 0.2) is 29.4 Å². The third kappa shape index (κ3) is 3.00. The van der Waals surface area contributed by atoms with Gasteiger partial charge in [-0.25, -0.2) is 14.4 Å². The van der Waals surface area contributed by atoms with Gasteiger partial charge in [0.25, 0.3) is 0 Å². The summed E-state index contributed by atoms with van der Waals surface area (Å²) < 4.78 is 16.9. The van der Waals surface area contributed by atoms with Crippen molar-refractivity contribution in [3.05, 3.63) is 57.9 Å². The lowest BCUT2D eigenvalue weighted by Gasteiger charge is -2.17. The number of ketones is 1. The van der Waals surface area contributed by atoms with Gasteiger partial charge in [0.1, 0.15) is 22.7 Å². The average molecular weight is 423 g/mol. The zero-order chi connectivity index (χ0) is 20.8. The van der Waals surface area contributed by atoms with E-state index in [1.54, 1.807) is 25.5 Å². The Morgan fingerprint density at radius 3 is 2.93 bits per heavy atom. The number of halogens is 1. The minimum Gasteiger partial charge on any atom is -0.373 e. The lowest BCUT2D eigenvalue weighted by Crippen LogP contribution is -2.28. The zero-order valence-corrected chi connectivity index (χ0v) is 17.1. The van der Waals surface area contributed by atoms with Gasteiger partial charge in [0.05, 0.1) is 21.8 Å². The van der Waals surface area contributed by atoms with Gasteiger partial charge in [-0.15, -0.1) is 11.3 Å². The Balaban J connectivity index is 1.47. The third-order valence-electron chi connectivity index (χ3n) is 5.18. The van der Waals surface area contributed by atoms with E-state index in [-0.39, 0.29) is 17.9 Å². The van der Waals surface area contributed by atoms with Crippen molar-refractivity contribution in [3.63, 3.8) is 0 Å². The molecule has 1 aliphatic heterocycles. The summed E-state index contributed by atoms with van der Waals surface area (Å²) in [6.45, 7) is 0. The highest BCUT2D eigenvalue weighted by Crippen LogP contribution is 2.33. The molecule has 0 radical (unpaired) electrons. The molecule has 4 aromatic heterocycles.